The largest absolute Gasteiger partial charge is 0.493 e. The molecule has 0 spiro atoms. The molecule has 0 bridgehead atoms. The third-order valence-corrected chi connectivity index (χ3v) is 8.53. The highest BCUT2D eigenvalue weighted by atomic mass is 16.5. The maximum absolute atomic E-state index is 13.0. The summed E-state index contributed by atoms with van der Waals surface area (Å²) in [7, 11) is 0. The van der Waals surface area contributed by atoms with Gasteiger partial charge in [-0.25, -0.2) is 0 Å². The zero-order chi connectivity index (χ0) is 24.4. The number of amides is 1. The van der Waals surface area contributed by atoms with E-state index in [9.17, 15) is 9.90 Å². The van der Waals surface area contributed by atoms with E-state index in [-0.39, 0.29) is 18.1 Å². The van der Waals surface area contributed by atoms with Crippen molar-refractivity contribution in [3.8, 4) is 5.75 Å². The molecular formula is C28H42N4O3. The Morgan fingerprint density at radius 3 is 2.71 bits per heavy atom. The first-order valence-corrected chi connectivity index (χ1v) is 13.7. The maximum atomic E-state index is 13.0. The van der Waals surface area contributed by atoms with Crippen LogP contribution in [-0.4, -0.2) is 83.3 Å². The monoisotopic (exact) mass is 482 g/mol. The molecule has 3 aliphatic rings. The molecule has 192 valence electrons. The fourth-order valence-corrected chi connectivity index (χ4v) is 5.82. The van der Waals surface area contributed by atoms with Gasteiger partial charge in [0.05, 0.1) is 12.7 Å². The molecule has 3 N–H and O–H groups in total. The molecule has 0 unspecified atom stereocenters. The molecule has 1 saturated carbocycles. The van der Waals surface area contributed by atoms with Gasteiger partial charge in [-0.15, -0.1) is 0 Å². The number of nitrogens with zero attached hydrogens (tertiary/aromatic N) is 2. The lowest BCUT2D eigenvalue weighted by Crippen LogP contribution is -2.52. The molecule has 1 aromatic carbocycles. The molecule has 3 heterocycles. The van der Waals surface area contributed by atoms with Crippen molar-refractivity contribution in [1.29, 1.82) is 0 Å². The maximum Gasteiger partial charge on any atom is 0.267 e. The molecule has 3 atom stereocenters. The number of carbonyl (C=O) groups excluding carboxylic acids is 1. The quantitative estimate of drug-likeness (QED) is 0.535. The van der Waals surface area contributed by atoms with E-state index in [1.165, 1.54) is 19.3 Å². The summed E-state index contributed by atoms with van der Waals surface area (Å²) in [4.78, 5) is 21.4. The van der Waals surface area contributed by atoms with Gasteiger partial charge in [-0.2, -0.15) is 0 Å². The number of H-pyrrole nitrogens is 1. The number of aromatic amines is 1. The van der Waals surface area contributed by atoms with Crippen molar-refractivity contribution >= 4 is 16.8 Å². The summed E-state index contributed by atoms with van der Waals surface area (Å²) < 4.78 is 6.09. The fraction of sp³-hybridized carbons (Fsp3) is 0.679. The number of hydrogen-bond donors (Lipinski definition) is 3. The summed E-state index contributed by atoms with van der Waals surface area (Å²) in [6.45, 7) is 10.2. The van der Waals surface area contributed by atoms with Crippen LogP contribution in [0.15, 0.2) is 24.3 Å². The second-order valence-electron chi connectivity index (χ2n) is 11.2. The van der Waals surface area contributed by atoms with Crippen LogP contribution < -0.4 is 10.1 Å². The molecule has 2 aliphatic heterocycles. The Kier molecular flexibility index (Phi) is 7.65. The number of nitrogens with one attached hydrogen (secondary N) is 2. The highest BCUT2D eigenvalue weighted by molar-refractivity contribution is 5.99. The minimum absolute atomic E-state index is 0.0289. The van der Waals surface area contributed by atoms with Gasteiger partial charge in [0.1, 0.15) is 11.4 Å². The summed E-state index contributed by atoms with van der Waals surface area (Å²) in [6, 6.07) is 8.63. The van der Waals surface area contributed by atoms with Gasteiger partial charge in [0.2, 0.25) is 0 Å². The van der Waals surface area contributed by atoms with Gasteiger partial charge >= 0.3 is 0 Å². The molecule has 1 amide bonds. The SMILES string of the molecule is C[C@@H]1CN([C@@H](C)CN2CCC(NC(=O)c3cc4c(OCC5CCC5)cccc4[nH]3)CC2)CC[C@H]1O. The van der Waals surface area contributed by atoms with Gasteiger partial charge in [0.25, 0.3) is 5.91 Å². The summed E-state index contributed by atoms with van der Waals surface area (Å²) in [5.74, 6) is 1.86. The van der Waals surface area contributed by atoms with Crippen molar-refractivity contribution in [2.75, 3.05) is 39.3 Å². The van der Waals surface area contributed by atoms with Crippen molar-refractivity contribution in [2.45, 2.75) is 70.6 Å². The minimum atomic E-state index is -0.151. The molecule has 35 heavy (non-hydrogen) atoms. The van der Waals surface area contributed by atoms with E-state index >= 15 is 0 Å². The average Bonchev–Trinajstić information content (AvgIpc) is 3.26. The topological polar surface area (TPSA) is 80.8 Å². The number of hydrogen-bond acceptors (Lipinski definition) is 5. The number of aliphatic hydroxyl groups excluding tert-OH is 1. The number of carbonyl (C=O) groups is 1. The van der Waals surface area contributed by atoms with Gasteiger partial charge in [0, 0.05) is 55.7 Å². The van der Waals surface area contributed by atoms with E-state index in [1.54, 1.807) is 0 Å². The Hall–Kier alpha value is -2.09. The number of benzene rings is 1. The summed E-state index contributed by atoms with van der Waals surface area (Å²) >= 11 is 0. The lowest BCUT2D eigenvalue weighted by atomic mass is 9.86. The van der Waals surface area contributed by atoms with E-state index in [1.807, 2.05) is 24.3 Å². The molecule has 1 aromatic heterocycles. The number of rotatable bonds is 8. The van der Waals surface area contributed by atoms with E-state index in [0.29, 0.717) is 23.6 Å². The Morgan fingerprint density at radius 2 is 2.00 bits per heavy atom. The summed E-state index contributed by atoms with van der Waals surface area (Å²) in [5.41, 5.74) is 1.56. The average molecular weight is 483 g/mol. The highest BCUT2D eigenvalue weighted by Crippen LogP contribution is 2.31. The minimum Gasteiger partial charge on any atom is -0.493 e. The zero-order valence-corrected chi connectivity index (χ0v) is 21.3. The third kappa shape index (κ3) is 5.84. The van der Waals surface area contributed by atoms with Crippen LogP contribution in [0.4, 0.5) is 0 Å². The first kappa shape index (κ1) is 24.6. The molecule has 3 fully saturated rings. The molecule has 1 aliphatic carbocycles. The second-order valence-corrected chi connectivity index (χ2v) is 11.2. The lowest BCUT2D eigenvalue weighted by Gasteiger charge is -2.41. The molecule has 0 radical (unpaired) electrons. The number of aromatic nitrogens is 1. The molecule has 2 saturated heterocycles. The predicted molar refractivity (Wildman–Crippen MR) is 139 cm³/mol. The highest BCUT2D eigenvalue weighted by Gasteiger charge is 2.29. The van der Waals surface area contributed by atoms with Crippen LogP contribution in [0.25, 0.3) is 10.9 Å². The Balaban J connectivity index is 1.10. The molecule has 7 nitrogen and oxygen atoms in total. The van der Waals surface area contributed by atoms with E-state index < -0.39 is 0 Å². The molecule has 2 aromatic rings. The Bertz CT molecular complexity index is 995. The van der Waals surface area contributed by atoms with Crippen molar-refractivity contribution in [1.82, 2.24) is 20.1 Å². The van der Waals surface area contributed by atoms with E-state index in [0.717, 1.165) is 75.2 Å². The smallest absolute Gasteiger partial charge is 0.267 e. The van der Waals surface area contributed by atoms with Crippen molar-refractivity contribution < 1.29 is 14.6 Å². The molecule has 7 heteroatoms. The molecule has 5 rings (SSSR count). The number of piperidine rings is 2. The normalized spacial score (nSPS) is 25.9. The molecular weight excluding hydrogens is 440 g/mol. The Labute approximate surface area is 209 Å². The van der Waals surface area contributed by atoms with Crippen LogP contribution in [0.5, 0.6) is 5.75 Å². The number of fused-ring (bicyclic) bond motifs is 1. The third-order valence-electron chi connectivity index (χ3n) is 8.53. The van der Waals surface area contributed by atoms with Crippen molar-refractivity contribution in [3.63, 3.8) is 0 Å². The summed E-state index contributed by atoms with van der Waals surface area (Å²) in [6.07, 6.45) is 6.51. The van der Waals surface area contributed by atoms with Crippen LogP contribution in [0, 0.1) is 11.8 Å². The first-order chi connectivity index (χ1) is 17.0. The van der Waals surface area contributed by atoms with Crippen LogP contribution in [-0.2, 0) is 0 Å². The van der Waals surface area contributed by atoms with Crippen LogP contribution in [0.3, 0.4) is 0 Å². The standard InChI is InChI=1S/C28H42N4O3/c1-19-16-32(14-11-26(19)33)20(2)17-31-12-9-22(10-13-31)29-28(34)25-15-23-24(30-25)7-4-8-27(23)35-18-21-5-3-6-21/h4,7-8,15,19-22,26,30,33H,3,5-6,9-14,16-18H2,1-2H3,(H,29,34)/t19-,20+,26-/m1/s1. The first-order valence-electron chi connectivity index (χ1n) is 13.7. The number of ether oxygens (including phenoxy) is 1. The van der Waals surface area contributed by atoms with Gasteiger partial charge in [0.15, 0.2) is 0 Å². The fourth-order valence-electron chi connectivity index (χ4n) is 5.82. The second kappa shape index (κ2) is 10.9. The Morgan fingerprint density at radius 1 is 1.20 bits per heavy atom. The van der Waals surface area contributed by atoms with Crippen LogP contribution in [0.2, 0.25) is 0 Å². The zero-order valence-electron chi connectivity index (χ0n) is 21.3. The van der Waals surface area contributed by atoms with Gasteiger partial charge in [-0.3, -0.25) is 9.69 Å². The number of aliphatic hydroxyl groups is 1. The van der Waals surface area contributed by atoms with E-state index in [2.05, 4.69) is 33.9 Å². The van der Waals surface area contributed by atoms with Crippen molar-refractivity contribution in [2.24, 2.45) is 11.8 Å². The number of likely N-dealkylation sites (tertiary alicyclic amines) is 2. The van der Waals surface area contributed by atoms with E-state index in [4.69, 9.17) is 4.74 Å². The predicted octanol–water partition coefficient (Wildman–Crippen LogP) is 3.63. The van der Waals surface area contributed by atoms with Gasteiger partial charge in [-0.1, -0.05) is 19.4 Å². The van der Waals surface area contributed by atoms with Gasteiger partial charge in [-0.05, 0) is 69.1 Å². The summed E-state index contributed by atoms with van der Waals surface area (Å²) in [5, 5.41) is 14.3. The van der Waals surface area contributed by atoms with Crippen molar-refractivity contribution in [3.05, 3.63) is 30.0 Å². The lowest BCUT2D eigenvalue weighted by molar-refractivity contribution is 0.0115. The van der Waals surface area contributed by atoms with Crippen LogP contribution in [0.1, 0.15) is 62.9 Å². The van der Waals surface area contributed by atoms with Gasteiger partial charge < -0.3 is 25.0 Å². The van der Waals surface area contributed by atoms with Crippen LogP contribution >= 0.6 is 0 Å².